The van der Waals surface area contributed by atoms with E-state index in [1.807, 2.05) is 48.5 Å². The Bertz CT molecular complexity index is 588. The Labute approximate surface area is 114 Å². The van der Waals surface area contributed by atoms with Gasteiger partial charge in [0.15, 0.2) is 6.10 Å². The number of halogens is 3. The van der Waals surface area contributed by atoms with Crippen LogP contribution in [0.4, 0.5) is 13.2 Å². The molecule has 0 amide bonds. The van der Waals surface area contributed by atoms with Gasteiger partial charge in [0.1, 0.15) is 0 Å². The summed E-state index contributed by atoms with van der Waals surface area (Å²) in [5, 5.41) is 9.37. The van der Waals surface area contributed by atoms with Gasteiger partial charge in [0, 0.05) is 5.92 Å². The lowest BCUT2D eigenvalue weighted by Gasteiger charge is -2.20. The quantitative estimate of drug-likeness (QED) is 0.876. The van der Waals surface area contributed by atoms with Crippen LogP contribution in [0.15, 0.2) is 48.5 Å². The van der Waals surface area contributed by atoms with Crippen molar-refractivity contribution in [3.63, 3.8) is 0 Å². The molecule has 1 nitrogen and oxygen atoms in total. The fraction of sp³-hybridized carbons (Fsp3) is 0.250. The van der Waals surface area contributed by atoms with Crippen molar-refractivity contribution in [2.45, 2.75) is 24.6 Å². The smallest absolute Gasteiger partial charge is 0.384 e. The fourth-order valence-corrected chi connectivity index (χ4v) is 2.87. The molecule has 0 spiro atoms. The second-order valence-electron chi connectivity index (χ2n) is 5.02. The molecule has 104 valence electrons. The van der Waals surface area contributed by atoms with Gasteiger partial charge < -0.3 is 5.11 Å². The molecule has 1 N–H and O–H groups in total. The molecule has 4 heteroatoms. The first-order valence-electron chi connectivity index (χ1n) is 6.41. The van der Waals surface area contributed by atoms with Crippen molar-refractivity contribution in [1.29, 1.82) is 0 Å². The number of hydrogen-bond donors (Lipinski definition) is 1. The Morgan fingerprint density at radius 2 is 1.35 bits per heavy atom. The molecule has 1 aliphatic carbocycles. The SMILES string of the molecule is OC(CC1c2ccccc2-c2ccccc21)C(F)(F)F. The first kappa shape index (κ1) is 13.2. The zero-order chi connectivity index (χ0) is 14.3. The maximum Gasteiger partial charge on any atom is 0.414 e. The average Bonchev–Trinajstić information content (AvgIpc) is 2.73. The lowest BCUT2D eigenvalue weighted by molar-refractivity contribution is -0.206. The molecule has 1 unspecified atom stereocenters. The number of aliphatic hydroxyl groups is 1. The molecular formula is C16H13F3O. The molecule has 0 saturated carbocycles. The Morgan fingerprint density at radius 3 is 1.80 bits per heavy atom. The first-order chi connectivity index (χ1) is 9.48. The van der Waals surface area contributed by atoms with E-state index in [1.54, 1.807) is 0 Å². The number of benzene rings is 2. The number of aliphatic hydroxyl groups excluding tert-OH is 1. The van der Waals surface area contributed by atoms with Crippen LogP contribution in [0.3, 0.4) is 0 Å². The molecule has 2 aromatic carbocycles. The van der Waals surface area contributed by atoms with Crippen molar-refractivity contribution in [2.24, 2.45) is 0 Å². The Hall–Kier alpha value is -1.81. The van der Waals surface area contributed by atoms with Gasteiger partial charge in [0.2, 0.25) is 0 Å². The lowest BCUT2D eigenvalue weighted by Crippen LogP contribution is -2.30. The van der Waals surface area contributed by atoms with E-state index in [0.717, 1.165) is 22.3 Å². The van der Waals surface area contributed by atoms with E-state index < -0.39 is 18.2 Å². The van der Waals surface area contributed by atoms with E-state index in [4.69, 9.17) is 0 Å². The molecule has 0 fully saturated rings. The third-order valence-corrected chi connectivity index (χ3v) is 3.80. The van der Waals surface area contributed by atoms with Crippen molar-refractivity contribution in [1.82, 2.24) is 0 Å². The molecule has 2 aromatic rings. The van der Waals surface area contributed by atoms with Crippen LogP contribution in [0.5, 0.6) is 0 Å². The Balaban J connectivity index is 2.03. The normalized spacial score (nSPS) is 15.8. The van der Waals surface area contributed by atoms with Gasteiger partial charge in [-0.05, 0) is 28.7 Å². The summed E-state index contributed by atoms with van der Waals surface area (Å²) >= 11 is 0. The highest BCUT2D eigenvalue weighted by Crippen LogP contribution is 2.47. The van der Waals surface area contributed by atoms with E-state index >= 15 is 0 Å². The zero-order valence-corrected chi connectivity index (χ0v) is 10.6. The lowest BCUT2D eigenvalue weighted by atomic mass is 9.91. The summed E-state index contributed by atoms with van der Waals surface area (Å²) in [6.45, 7) is 0. The zero-order valence-electron chi connectivity index (χ0n) is 10.6. The summed E-state index contributed by atoms with van der Waals surface area (Å²) in [7, 11) is 0. The molecule has 0 bridgehead atoms. The summed E-state index contributed by atoms with van der Waals surface area (Å²) in [6.07, 6.45) is -7.21. The topological polar surface area (TPSA) is 20.2 Å². The van der Waals surface area contributed by atoms with Gasteiger partial charge >= 0.3 is 6.18 Å². The molecule has 1 aliphatic rings. The Morgan fingerprint density at radius 1 is 0.900 bits per heavy atom. The van der Waals surface area contributed by atoms with E-state index in [-0.39, 0.29) is 6.42 Å². The van der Waals surface area contributed by atoms with Gasteiger partial charge in [-0.1, -0.05) is 48.5 Å². The van der Waals surface area contributed by atoms with Crippen molar-refractivity contribution in [3.8, 4) is 11.1 Å². The van der Waals surface area contributed by atoms with Crippen molar-refractivity contribution in [2.75, 3.05) is 0 Å². The maximum absolute atomic E-state index is 12.6. The van der Waals surface area contributed by atoms with E-state index in [9.17, 15) is 18.3 Å². The molecule has 0 saturated heterocycles. The molecular weight excluding hydrogens is 265 g/mol. The summed E-state index contributed by atoms with van der Waals surface area (Å²) in [6, 6.07) is 14.9. The van der Waals surface area contributed by atoms with Crippen LogP contribution in [0.2, 0.25) is 0 Å². The van der Waals surface area contributed by atoms with Crippen LogP contribution >= 0.6 is 0 Å². The molecule has 0 heterocycles. The molecule has 0 aliphatic heterocycles. The van der Waals surface area contributed by atoms with E-state index in [0.29, 0.717) is 0 Å². The van der Waals surface area contributed by atoms with Crippen LogP contribution in [0.25, 0.3) is 11.1 Å². The molecule has 1 atom stereocenters. The van der Waals surface area contributed by atoms with Gasteiger partial charge in [-0.2, -0.15) is 13.2 Å². The van der Waals surface area contributed by atoms with E-state index in [2.05, 4.69) is 0 Å². The number of fused-ring (bicyclic) bond motifs is 3. The molecule has 0 aromatic heterocycles. The van der Waals surface area contributed by atoms with Gasteiger partial charge in [0.05, 0.1) is 0 Å². The first-order valence-corrected chi connectivity index (χ1v) is 6.41. The minimum Gasteiger partial charge on any atom is -0.384 e. The number of rotatable bonds is 2. The van der Waals surface area contributed by atoms with Gasteiger partial charge in [-0.15, -0.1) is 0 Å². The number of alkyl halides is 3. The van der Waals surface area contributed by atoms with Crippen LogP contribution < -0.4 is 0 Å². The van der Waals surface area contributed by atoms with Crippen LogP contribution in [-0.2, 0) is 0 Å². The van der Waals surface area contributed by atoms with Gasteiger partial charge in [-0.25, -0.2) is 0 Å². The predicted octanol–water partition coefficient (Wildman–Crippen LogP) is 4.11. The van der Waals surface area contributed by atoms with Gasteiger partial charge in [-0.3, -0.25) is 0 Å². The molecule has 3 rings (SSSR count). The van der Waals surface area contributed by atoms with Crippen molar-refractivity contribution in [3.05, 3.63) is 59.7 Å². The van der Waals surface area contributed by atoms with E-state index in [1.165, 1.54) is 0 Å². The maximum atomic E-state index is 12.6. The highest BCUT2D eigenvalue weighted by atomic mass is 19.4. The van der Waals surface area contributed by atoms with Gasteiger partial charge in [0.25, 0.3) is 0 Å². The van der Waals surface area contributed by atoms with Crippen LogP contribution in [0.1, 0.15) is 23.5 Å². The second kappa shape index (κ2) is 4.63. The molecule has 0 radical (unpaired) electrons. The third kappa shape index (κ3) is 2.10. The highest BCUT2D eigenvalue weighted by Gasteiger charge is 2.41. The summed E-state index contributed by atoms with van der Waals surface area (Å²) in [5.74, 6) is -0.404. The van der Waals surface area contributed by atoms with Crippen LogP contribution in [0, 0.1) is 0 Å². The second-order valence-corrected chi connectivity index (χ2v) is 5.02. The standard InChI is InChI=1S/C16H13F3O/c17-16(18,19)15(20)9-14-12-7-3-1-5-10(12)11-6-2-4-8-13(11)14/h1-8,14-15,20H,9H2. The Kier molecular flexibility index (Phi) is 3.05. The minimum absolute atomic E-state index is 0.336. The predicted molar refractivity (Wildman–Crippen MR) is 70.4 cm³/mol. The highest BCUT2D eigenvalue weighted by molar-refractivity contribution is 5.78. The van der Waals surface area contributed by atoms with Crippen molar-refractivity contribution < 1.29 is 18.3 Å². The van der Waals surface area contributed by atoms with Crippen LogP contribution in [-0.4, -0.2) is 17.4 Å². The summed E-state index contributed by atoms with van der Waals surface area (Å²) in [5.41, 5.74) is 3.64. The third-order valence-electron chi connectivity index (χ3n) is 3.80. The minimum atomic E-state index is -4.58. The number of hydrogen-bond acceptors (Lipinski definition) is 1. The monoisotopic (exact) mass is 278 g/mol. The average molecular weight is 278 g/mol. The molecule has 20 heavy (non-hydrogen) atoms. The largest absolute Gasteiger partial charge is 0.414 e. The summed E-state index contributed by atoms with van der Waals surface area (Å²) in [4.78, 5) is 0. The summed E-state index contributed by atoms with van der Waals surface area (Å²) < 4.78 is 37.8. The fourth-order valence-electron chi connectivity index (χ4n) is 2.87. The van der Waals surface area contributed by atoms with Crippen molar-refractivity contribution >= 4 is 0 Å².